The molecule has 9 heteroatoms. The van der Waals surface area contributed by atoms with E-state index in [2.05, 4.69) is 5.32 Å². The van der Waals surface area contributed by atoms with Crippen LogP contribution in [0.1, 0.15) is 30.4 Å². The number of hydrogen-bond donors (Lipinski definition) is 1. The molecule has 1 amide bonds. The maximum Gasteiger partial charge on any atom is 0.276 e. The second-order valence-electron chi connectivity index (χ2n) is 7.08. The molecule has 0 saturated carbocycles. The fourth-order valence-electron chi connectivity index (χ4n) is 3.29. The summed E-state index contributed by atoms with van der Waals surface area (Å²) in [5.41, 5.74) is 1.29. The van der Waals surface area contributed by atoms with Crippen molar-refractivity contribution < 1.29 is 18.1 Å². The van der Waals surface area contributed by atoms with Crippen molar-refractivity contribution in [3.63, 3.8) is 0 Å². The first kappa shape index (κ1) is 21.7. The van der Waals surface area contributed by atoms with Gasteiger partial charge in [0.15, 0.2) is 0 Å². The third-order valence-electron chi connectivity index (χ3n) is 4.97. The minimum absolute atomic E-state index is 0.104. The van der Waals surface area contributed by atoms with Crippen molar-refractivity contribution in [1.82, 2.24) is 4.31 Å². The number of amides is 1. The van der Waals surface area contributed by atoms with E-state index in [0.29, 0.717) is 29.9 Å². The molecule has 0 aromatic heterocycles. The molecule has 1 N–H and O–H groups in total. The summed E-state index contributed by atoms with van der Waals surface area (Å²) in [7, 11) is -3.62. The maximum atomic E-state index is 12.9. The van der Waals surface area contributed by atoms with Crippen LogP contribution in [0.25, 0.3) is 6.08 Å². The van der Waals surface area contributed by atoms with Crippen LogP contribution < -0.4 is 5.32 Å². The number of anilines is 1. The van der Waals surface area contributed by atoms with Gasteiger partial charge in [-0.2, -0.15) is 4.31 Å². The van der Waals surface area contributed by atoms with Crippen LogP contribution in [0.4, 0.5) is 11.4 Å². The van der Waals surface area contributed by atoms with Crippen molar-refractivity contribution in [2.45, 2.75) is 31.1 Å². The van der Waals surface area contributed by atoms with Crippen LogP contribution in [0.3, 0.4) is 0 Å². The molecule has 0 atom stereocenters. The van der Waals surface area contributed by atoms with Crippen molar-refractivity contribution in [1.29, 1.82) is 0 Å². The third kappa shape index (κ3) is 4.92. The summed E-state index contributed by atoms with van der Waals surface area (Å²) in [5.74, 6) is -0.510. The molecule has 1 heterocycles. The van der Waals surface area contributed by atoms with Crippen LogP contribution in [0.5, 0.6) is 0 Å². The first-order chi connectivity index (χ1) is 14.3. The number of para-hydroxylation sites is 1. The Morgan fingerprint density at radius 1 is 1.13 bits per heavy atom. The Labute approximate surface area is 175 Å². The van der Waals surface area contributed by atoms with Crippen molar-refractivity contribution in [3.05, 3.63) is 69.8 Å². The van der Waals surface area contributed by atoms with Gasteiger partial charge >= 0.3 is 0 Å². The van der Waals surface area contributed by atoms with E-state index < -0.39 is 20.9 Å². The number of sulfonamides is 1. The first-order valence-corrected chi connectivity index (χ1v) is 11.1. The van der Waals surface area contributed by atoms with Gasteiger partial charge in [-0.1, -0.05) is 24.6 Å². The van der Waals surface area contributed by atoms with Crippen molar-refractivity contribution >= 4 is 33.4 Å². The number of hydrogen-bond acceptors (Lipinski definition) is 5. The molecule has 8 nitrogen and oxygen atoms in total. The Hall–Kier alpha value is -3.04. The summed E-state index contributed by atoms with van der Waals surface area (Å²) in [6.07, 6.45) is 5.24. The van der Waals surface area contributed by atoms with Crippen LogP contribution in [-0.2, 0) is 14.8 Å². The van der Waals surface area contributed by atoms with Crippen LogP contribution in [0.2, 0.25) is 0 Å². The summed E-state index contributed by atoms with van der Waals surface area (Å²) >= 11 is 0. The number of rotatable bonds is 6. The van der Waals surface area contributed by atoms with Crippen LogP contribution in [0, 0.1) is 17.0 Å². The van der Waals surface area contributed by atoms with Gasteiger partial charge in [-0.15, -0.1) is 0 Å². The molecule has 0 radical (unpaired) electrons. The summed E-state index contributed by atoms with van der Waals surface area (Å²) in [5, 5.41) is 13.7. The van der Waals surface area contributed by atoms with Crippen LogP contribution in [0.15, 0.2) is 53.4 Å². The Morgan fingerprint density at radius 3 is 2.53 bits per heavy atom. The molecule has 1 aliphatic rings. The number of aryl methyl sites for hydroxylation is 1. The molecule has 1 saturated heterocycles. The Balaban J connectivity index is 1.79. The van der Waals surface area contributed by atoms with E-state index in [9.17, 15) is 23.3 Å². The number of nitrogens with zero attached hydrogens (tertiary/aromatic N) is 2. The van der Waals surface area contributed by atoms with Gasteiger partial charge in [-0.25, -0.2) is 8.42 Å². The zero-order valence-corrected chi connectivity index (χ0v) is 17.4. The molecular weight excluding hydrogens is 406 g/mol. The number of nitro benzene ring substituents is 1. The van der Waals surface area contributed by atoms with Gasteiger partial charge in [-0.05, 0) is 49.6 Å². The predicted octanol–water partition coefficient (Wildman–Crippen LogP) is 3.73. The lowest BCUT2D eigenvalue weighted by atomic mass is 10.1. The number of benzene rings is 2. The third-order valence-corrected chi connectivity index (χ3v) is 6.86. The average molecular weight is 429 g/mol. The Bertz CT molecular complexity index is 1090. The zero-order valence-electron chi connectivity index (χ0n) is 16.6. The van der Waals surface area contributed by atoms with Gasteiger partial charge < -0.3 is 5.32 Å². The topological polar surface area (TPSA) is 110 Å². The molecule has 158 valence electrons. The minimum atomic E-state index is -3.62. The number of piperidine rings is 1. The molecule has 1 fully saturated rings. The average Bonchev–Trinajstić information content (AvgIpc) is 2.74. The second-order valence-corrected chi connectivity index (χ2v) is 9.02. The lowest BCUT2D eigenvalue weighted by Gasteiger charge is -2.26. The van der Waals surface area contributed by atoms with E-state index in [1.165, 1.54) is 34.7 Å². The molecule has 0 spiro atoms. The van der Waals surface area contributed by atoms with Crippen molar-refractivity contribution in [3.8, 4) is 0 Å². The maximum absolute atomic E-state index is 12.9. The smallest absolute Gasteiger partial charge is 0.276 e. The summed E-state index contributed by atoms with van der Waals surface area (Å²) in [6, 6.07) is 10.7. The Morgan fingerprint density at radius 2 is 1.83 bits per heavy atom. The highest BCUT2D eigenvalue weighted by atomic mass is 32.2. The molecule has 0 unspecified atom stereocenters. The molecule has 30 heavy (non-hydrogen) atoms. The van der Waals surface area contributed by atoms with Crippen molar-refractivity contribution in [2.75, 3.05) is 18.4 Å². The number of carbonyl (C=O) groups is 1. The van der Waals surface area contributed by atoms with Gasteiger partial charge in [0.2, 0.25) is 15.9 Å². The van der Waals surface area contributed by atoms with E-state index in [4.69, 9.17) is 0 Å². The molecule has 1 aliphatic heterocycles. The SMILES string of the molecule is Cc1ccc(S(=O)(=O)N2CCCCC2)cc1NC(=O)/C=C/c1ccccc1[N+](=O)[O-]. The highest BCUT2D eigenvalue weighted by Gasteiger charge is 2.26. The quantitative estimate of drug-likeness (QED) is 0.427. The van der Waals surface area contributed by atoms with Gasteiger partial charge in [0.1, 0.15) is 0 Å². The van der Waals surface area contributed by atoms with Crippen molar-refractivity contribution in [2.24, 2.45) is 0 Å². The second kappa shape index (κ2) is 9.19. The largest absolute Gasteiger partial charge is 0.322 e. The zero-order chi connectivity index (χ0) is 21.7. The monoisotopic (exact) mass is 429 g/mol. The van der Waals surface area contributed by atoms with Crippen LogP contribution in [-0.4, -0.2) is 36.6 Å². The fraction of sp³-hybridized carbons (Fsp3) is 0.286. The minimum Gasteiger partial charge on any atom is -0.322 e. The van der Waals surface area contributed by atoms with E-state index in [1.54, 1.807) is 31.2 Å². The standard InChI is InChI=1S/C21H23N3O5S/c1-16-9-11-18(30(28,29)23-13-5-2-6-14-23)15-19(16)22-21(25)12-10-17-7-3-4-8-20(17)24(26)27/h3-4,7-12,15H,2,5-6,13-14H2,1H3,(H,22,25)/b12-10+. The van der Waals surface area contributed by atoms with E-state index in [0.717, 1.165) is 19.3 Å². The van der Waals surface area contributed by atoms with Gasteiger partial charge in [0.05, 0.1) is 15.4 Å². The normalized spacial score (nSPS) is 15.2. The molecular formula is C21H23N3O5S. The molecule has 2 aromatic rings. The van der Waals surface area contributed by atoms with Gasteiger partial charge in [0, 0.05) is 30.9 Å². The number of nitrogens with one attached hydrogen (secondary N) is 1. The molecule has 2 aromatic carbocycles. The summed E-state index contributed by atoms with van der Waals surface area (Å²) in [4.78, 5) is 23.0. The summed E-state index contributed by atoms with van der Waals surface area (Å²) < 4.78 is 27.2. The highest BCUT2D eigenvalue weighted by Crippen LogP contribution is 2.25. The molecule has 0 aliphatic carbocycles. The van der Waals surface area contributed by atoms with E-state index in [-0.39, 0.29) is 10.6 Å². The lowest BCUT2D eigenvalue weighted by molar-refractivity contribution is -0.385. The van der Waals surface area contributed by atoms with Gasteiger partial charge in [0.25, 0.3) is 5.69 Å². The number of nitro groups is 1. The fourth-order valence-corrected chi connectivity index (χ4v) is 4.83. The number of carbonyl (C=O) groups excluding carboxylic acids is 1. The Kier molecular flexibility index (Phi) is 6.63. The predicted molar refractivity (Wildman–Crippen MR) is 115 cm³/mol. The van der Waals surface area contributed by atoms with E-state index >= 15 is 0 Å². The van der Waals surface area contributed by atoms with Crippen LogP contribution >= 0.6 is 0 Å². The summed E-state index contributed by atoms with van der Waals surface area (Å²) in [6.45, 7) is 2.76. The molecule has 3 rings (SSSR count). The van der Waals surface area contributed by atoms with E-state index in [1.807, 2.05) is 0 Å². The molecule has 0 bridgehead atoms. The van der Waals surface area contributed by atoms with Gasteiger partial charge in [-0.3, -0.25) is 14.9 Å². The first-order valence-electron chi connectivity index (χ1n) is 9.62. The highest BCUT2D eigenvalue weighted by molar-refractivity contribution is 7.89. The lowest BCUT2D eigenvalue weighted by Crippen LogP contribution is -2.35.